The SMILES string of the molecule is C#C[C@@]1(O)[C@H](O)C(=C)O[C@H]1n1cc(F)c2c(N)ncnc21. The van der Waals surface area contributed by atoms with E-state index in [1.807, 2.05) is 0 Å². The van der Waals surface area contributed by atoms with Gasteiger partial charge in [0.15, 0.2) is 17.6 Å². The highest BCUT2D eigenvalue weighted by Crippen LogP contribution is 2.41. The Kier molecular flexibility index (Phi) is 2.66. The number of nitrogen functional groups attached to an aromatic ring is 1. The largest absolute Gasteiger partial charge is 0.468 e. The van der Waals surface area contributed by atoms with Gasteiger partial charge in [0.05, 0.1) is 5.39 Å². The number of anilines is 1. The molecule has 21 heavy (non-hydrogen) atoms. The minimum absolute atomic E-state index is 0.0209. The molecule has 108 valence electrons. The lowest BCUT2D eigenvalue weighted by Gasteiger charge is -2.25. The highest BCUT2D eigenvalue weighted by Gasteiger charge is 2.54. The molecule has 2 aromatic heterocycles. The number of rotatable bonds is 1. The number of aliphatic hydroxyl groups excluding tert-OH is 1. The summed E-state index contributed by atoms with van der Waals surface area (Å²) in [7, 11) is 0. The molecule has 1 saturated heterocycles. The maximum absolute atomic E-state index is 14.0. The Labute approximate surface area is 118 Å². The van der Waals surface area contributed by atoms with Gasteiger partial charge in [0.1, 0.15) is 17.9 Å². The van der Waals surface area contributed by atoms with E-state index in [4.69, 9.17) is 16.9 Å². The molecule has 3 heterocycles. The molecule has 7 nitrogen and oxygen atoms in total. The second kappa shape index (κ2) is 4.18. The van der Waals surface area contributed by atoms with Crippen molar-refractivity contribution in [2.24, 2.45) is 0 Å². The first-order chi connectivity index (χ1) is 9.90. The van der Waals surface area contributed by atoms with Crippen LogP contribution in [0, 0.1) is 18.2 Å². The van der Waals surface area contributed by atoms with E-state index in [1.165, 1.54) is 0 Å². The fourth-order valence-corrected chi connectivity index (χ4v) is 2.34. The number of nitrogens with zero attached hydrogens (tertiary/aromatic N) is 3. The Bertz CT molecular complexity index is 797. The summed E-state index contributed by atoms with van der Waals surface area (Å²) in [6, 6.07) is 0. The number of hydrogen-bond donors (Lipinski definition) is 3. The molecule has 0 bridgehead atoms. The van der Waals surface area contributed by atoms with Gasteiger partial charge in [-0.2, -0.15) is 0 Å². The quantitative estimate of drug-likeness (QED) is 0.634. The molecule has 1 fully saturated rings. The molecule has 1 aliphatic rings. The topological polar surface area (TPSA) is 106 Å². The van der Waals surface area contributed by atoms with E-state index >= 15 is 0 Å². The van der Waals surface area contributed by atoms with Gasteiger partial charge in [0, 0.05) is 6.20 Å². The fourth-order valence-electron chi connectivity index (χ4n) is 2.34. The minimum atomic E-state index is -2.10. The summed E-state index contributed by atoms with van der Waals surface area (Å²) in [6.45, 7) is 3.47. The van der Waals surface area contributed by atoms with Crippen molar-refractivity contribution in [3.63, 3.8) is 0 Å². The van der Waals surface area contributed by atoms with E-state index in [-0.39, 0.29) is 22.6 Å². The molecule has 0 aliphatic carbocycles. The van der Waals surface area contributed by atoms with E-state index in [1.54, 1.807) is 0 Å². The van der Waals surface area contributed by atoms with Crippen LogP contribution in [-0.4, -0.2) is 36.5 Å². The van der Waals surface area contributed by atoms with Gasteiger partial charge in [-0.1, -0.05) is 12.5 Å². The van der Waals surface area contributed by atoms with Crippen molar-refractivity contribution in [2.45, 2.75) is 17.9 Å². The fraction of sp³-hybridized carbons (Fsp3) is 0.231. The van der Waals surface area contributed by atoms with Crippen molar-refractivity contribution in [1.82, 2.24) is 14.5 Å². The second-order valence-electron chi connectivity index (χ2n) is 4.65. The van der Waals surface area contributed by atoms with E-state index in [0.717, 1.165) is 17.1 Å². The second-order valence-corrected chi connectivity index (χ2v) is 4.65. The molecule has 8 heteroatoms. The van der Waals surface area contributed by atoms with Crippen LogP contribution in [0.2, 0.25) is 0 Å². The van der Waals surface area contributed by atoms with Crippen molar-refractivity contribution in [3.8, 4) is 12.3 Å². The molecule has 0 spiro atoms. The van der Waals surface area contributed by atoms with Crippen LogP contribution in [0.1, 0.15) is 6.23 Å². The van der Waals surface area contributed by atoms with Crippen molar-refractivity contribution >= 4 is 16.9 Å². The Balaban J connectivity index is 2.25. The first-order valence-corrected chi connectivity index (χ1v) is 5.90. The third-order valence-electron chi connectivity index (χ3n) is 3.44. The summed E-state index contributed by atoms with van der Waals surface area (Å²) < 4.78 is 20.5. The molecule has 4 N–H and O–H groups in total. The predicted molar refractivity (Wildman–Crippen MR) is 71.0 cm³/mol. The molecule has 0 saturated carbocycles. The summed E-state index contributed by atoms with van der Waals surface area (Å²) in [5.74, 6) is 1.19. The molecule has 0 aromatic carbocycles. The number of terminal acetylenes is 1. The standard InChI is InChI=1S/C13H11FN4O3/c1-3-13(20)9(19)6(2)21-12(13)18-4-7(14)8-10(15)16-5-17-11(8)18/h1,4-5,9,12,19-20H,2H2,(H2,15,16,17)/t9-,12-,13-/m1/s1. The first kappa shape index (κ1) is 13.4. The van der Waals surface area contributed by atoms with Gasteiger partial charge in [-0.25, -0.2) is 14.4 Å². The van der Waals surface area contributed by atoms with Gasteiger partial charge in [0.2, 0.25) is 11.8 Å². The first-order valence-electron chi connectivity index (χ1n) is 5.90. The summed E-state index contributed by atoms with van der Waals surface area (Å²) in [4.78, 5) is 7.62. The lowest BCUT2D eigenvalue weighted by molar-refractivity contribution is -0.0629. The number of nitrogens with two attached hydrogens (primary N) is 1. The molecule has 1 aliphatic heterocycles. The Morgan fingerprint density at radius 1 is 1.57 bits per heavy atom. The number of ether oxygens (including phenoxy) is 1. The van der Waals surface area contributed by atoms with Crippen LogP contribution in [0.5, 0.6) is 0 Å². The normalized spacial score (nSPS) is 28.6. The summed E-state index contributed by atoms with van der Waals surface area (Å²) in [6.07, 6.45) is 4.65. The van der Waals surface area contributed by atoms with Crippen LogP contribution < -0.4 is 5.73 Å². The van der Waals surface area contributed by atoms with E-state index in [9.17, 15) is 14.6 Å². The summed E-state index contributed by atoms with van der Waals surface area (Å²) in [5, 5.41) is 20.3. The zero-order valence-corrected chi connectivity index (χ0v) is 10.7. The van der Waals surface area contributed by atoms with Crippen molar-refractivity contribution in [1.29, 1.82) is 0 Å². The van der Waals surface area contributed by atoms with Crippen LogP contribution in [-0.2, 0) is 4.74 Å². The smallest absolute Gasteiger partial charge is 0.220 e. The lowest BCUT2D eigenvalue weighted by atomic mass is 9.97. The maximum Gasteiger partial charge on any atom is 0.220 e. The predicted octanol–water partition coefficient (Wildman–Crippen LogP) is -0.0797. The van der Waals surface area contributed by atoms with E-state index in [0.29, 0.717) is 0 Å². The Hall–Kier alpha value is -2.63. The molecule has 0 amide bonds. The van der Waals surface area contributed by atoms with Gasteiger partial charge < -0.3 is 20.7 Å². The highest BCUT2D eigenvalue weighted by atomic mass is 19.1. The number of halogens is 1. The third kappa shape index (κ3) is 1.62. The monoisotopic (exact) mass is 290 g/mol. The van der Waals surface area contributed by atoms with Crippen LogP contribution in [0.4, 0.5) is 10.2 Å². The van der Waals surface area contributed by atoms with Gasteiger partial charge in [-0.3, -0.25) is 4.57 Å². The molecular weight excluding hydrogens is 279 g/mol. The highest BCUT2D eigenvalue weighted by molar-refractivity contribution is 5.86. The number of aromatic nitrogens is 3. The molecular formula is C13H11FN4O3. The third-order valence-corrected chi connectivity index (χ3v) is 3.44. The average molecular weight is 290 g/mol. The summed E-state index contributed by atoms with van der Waals surface area (Å²) >= 11 is 0. The lowest BCUT2D eigenvalue weighted by Crippen LogP contribution is -2.43. The van der Waals surface area contributed by atoms with Gasteiger partial charge >= 0.3 is 0 Å². The van der Waals surface area contributed by atoms with Crippen LogP contribution in [0.3, 0.4) is 0 Å². The van der Waals surface area contributed by atoms with E-state index in [2.05, 4.69) is 22.5 Å². The molecule has 0 radical (unpaired) electrons. The molecule has 0 unspecified atom stereocenters. The zero-order chi connectivity index (χ0) is 15.4. The maximum atomic E-state index is 14.0. The number of aliphatic hydroxyl groups is 2. The van der Waals surface area contributed by atoms with Crippen LogP contribution in [0.15, 0.2) is 24.9 Å². The Morgan fingerprint density at radius 3 is 2.95 bits per heavy atom. The molecule has 3 rings (SSSR count). The number of fused-ring (bicyclic) bond motifs is 1. The number of hydrogen-bond acceptors (Lipinski definition) is 6. The van der Waals surface area contributed by atoms with Gasteiger partial charge in [0.25, 0.3) is 0 Å². The van der Waals surface area contributed by atoms with Crippen LogP contribution >= 0.6 is 0 Å². The average Bonchev–Trinajstić information content (AvgIpc) is 2.91. The molecule has 3 atom stereocenters. The van der Waals surface area contributed by atoms with Crippen molar-refractivity contribution in [3.05, 3.63) is 30.7 Å². The zero-order valence-electron chi connectivity index (χ0n) is 10.7. The Morgan fingerprint density at radius 2 is 2.29 bits per heavy atom. The van der Waals surface area contributed by atoms with Gasteiger partial charge in [-0.05, 0) is 0 Å². The van der Waals surface area contributed by atoms with Crippen molar-refractivity contribution in [2.75, 3.05) is 5.73 Å². The summed E-state index contributed by atoms with van der Waals surface area (Å²) in [5.41, 5.74) is 3.59. The van der Waals surface area contributed by atoms with Gasteiger partial charge in [-0.15, -0.1) is 6.42 Å². The van der Waals surface area contributed by atoms with Crippen molar-refractivity contribution < 1.29 is 19.3 Å². The van der Waals surface area contributed by atoms with E-state index < -0.39 is 23.8 Å². The molecule has 2 aromatic rings. The minimum Gasteiger partial charge on any atom is -0.468 e. The van der Waals surface area contributed by atoms with Crippen LogP contribution in [0.25, 0.3) is 11.0 Å².